The first kappa shape index (κ1) is 19.0. The van der Waals surface area contributed by atoms with Gasteiger partial charge < -0.3 is 14.8 Å². The van der Waals surface area contributed by atoms with Gasteiger partial charge in [-0.15, -0.1) is 0 Å². The summed E-state index contributed by atoms with van der Waals surface area (Å²) < 4.78 is 12.3. The van der Waals surface area contributed by atoms with Crippen LogP contribution >= 0.6 is 0 Å². The van der Waals surface area contributed by atoms with Crippen LogP contribution in [0.15, 0.2) is 23.0 Å². The lowest BCUT2D eigenvalue weighted by Gasteiger charge is -2.14. The van der Waals surface area contributed by atoms with Crippen LogP contribution < -0.4 is 20.5 Å². The van der Waals surface area contributed by atoms with E-state index in [1.165, 1.54) is 0 Å². The predicted molar refractivity (Wildman–Crippen MR) is 100 cm³/mol. The fourth-order valence-corrected chi connectivity index (χ4v) is 3.49. The maximum Gasteiger partial charge on any atom is 0.343 e. The van der Waals surface area contributed by atoms with Crippen molar-refractivity contribution in [2.75, 3.05) is 20.8 Å². The van der Waals surface area contributed by atoms with Gasteiger partial charge in [-0.2, -0.15) is 5.10 Å². The number of carbonyl (C=O) groups excluding carboxylic acids is 1. The molecule has 2 aromatic rings. The summed E-state index contributed by atoms with van der Waals surface area (Å²) in [7, 11) is 3.24. The Morgan fingerprint density at radius 3 is 2.96 bits per heavy atom. The number of aryl methyl sites for hydroxylation is 1. The molecule has 0 fully saturated rings. The fourth-order valence-electron chi connectivity index (χ4n) is 3.49. The number of rotatable bonds is 7. The monoisotopic (exact) mass is 374 g/mol. The van der Waals surface area contributed by atoms with Crippen molar-refractivity contribution in [1.29, 1.82) is 0 Å². The van der Waals surface area contributed by atoms with Gasteiger partial charge in [0, 0.05) is 32.0 Å². The lowest BCUT2D eigenvalue weighted by molar-refractivity contribution is -0.122. The largest absolute Gasteiger partial charge is 0.497 e. The molecule has 0 radical (unpaired) electrons. The second-order valence-corrected chi connectivity index (χ2v) is 6.77. The molecule has 2 N–H and O–H groups in total. The van der Waals surface area contributed by atoms with E-state index in [2.05, 4.69) is 15.5 Å². The summed E-state index contributed by atoms with van der Waals surface area (Å²) in [5, 5.41) is 9.52. The number of nitrogens with one attached hydrogen (secondary N) is 2. The molecule has 27 heavy (non-hydrogen) atoms. The molecule has 8 heteroatoms. The molecule has 1 unspecified atom stereocenters. The Morgan fingerprint density at radius 1 is 1.33 bits per heavy atom. The summed E-state index contributed by atoms with van der Waals surface area (Å²) in [6.07, 6.45) is 3.56. The van der Waals surface area contributed by atoms with E-state index in [-0.39, 0.29) is 17.5 Å². The number of hydrogen-bond donors (Lipinski definition) is 2. The smallest absolute Gasteiger partial charge is 0.343 e. The lowest BCUT2D eigenvalue weighted by atomic mass is 9.96. The first-order valence-corrected chi connectivity index (χ1v) is 9.22. The third kappa shape index (κ3) is 4.69. The number of hydrogen-bond acceptors (Lipinski definition) is 5. The Kier molecular flexibility index (Phi) is 6.16. The predicted octanol–water partition coefficient (Wildman–Crippen LogP) is 1.29. The summed E-state index contributed by atoms with van der Waals surface area (Å²) in [5.74, 6) is 2.59. The summed E-state index contributed by atoms with van der Waals surface area (Å²) in [6.45, 7) is 1.17. The van der Waals surface area contributed by atoms with Crippen molar-refractivity contribution in [2.24, 2.45) is 5.92 Å². The van der Waals surface area contributed by atoms with Crippen LogP contribution in [0.3, 0.4) is 0 Å². The van der Waals surface area contributed by atoms with Gasteiger partial charge in [-0.25, -0.2) is 9.89 Å². The van der Waals surface area contributed by atoms with Crippen molar-refractivity contribution in [3.63, 3.8) is 0 Å². The van der Waals surface area contributed by atoms with Crippen molar-refractivity contribution < 1.29 is 14.3 Å². The van der Waals surface area contributed by atoms with Gasteiger partial charge in [0.15, 0.2) is 0 Å². The van der Waals surface area contributed by atoms with Crippen LogP contribution in [-0.4, -0.2) is 41.4 Å². The van der Waals surface area contributed by atoms with Crippen LogP contribution in [-0.2, 0) is 24.2 Å². The Morgan fingerprint density at radius 2 is 2.19 bits per heavy atom. The number of amides is 1. The molecule has 2 heterocycles. The lowest BCUT2D eigenvalue weighted by Crippen LogP contribution is -2.28. The molecule has 3 rings (SSSR count). The standard InChI is InChI=1S/C19H26N4O4/c1-26-15-5-4-14(16(12-15)27-2)7-9-20-18(24)11-13-3-6-17-21-22-19(25)23(17)10-8-13/h4-5,12-13H,3,6-11H2,1-2H3,(H,20,24)(H,22,25). The minimum Gasteiger partial charge on any atom is -0.497 e. The molecule has 0 bridgehead atoms. The molecular weight excluding hydrogens is 348 g/mol. The molecule has 0 saturated carbocycles. The van der Waals surface area contributed by atoms with Gasteiger partial charge in [-0.3, -0.25) is 9.36 Å². The molecule has 1 amide bonds. The van der Waals surface area contributed by atoms with Crippen LogP contribution in [0.2, 0.25) is 0 Å². The van der Waals surface area contributed by atoms with Crippen molar-refractivity contribution >= 4 is 5.91 Å². The Balaban J connectivity index is 1.46. The van der Waals surface area contributed by atoms with Gasteiger partial charge in [0.05, 0.1) is 14.2 Å². The van der Waals surface area contributed by atoms with Crippen LogP contribution in [0.1, 0.15) is 30.7 Å². The number of nitrogens with zero attached hydrogens (tertiary/aromatic N) is 2. The molecule has 1 aromatic carbocycles. The maximum absolute atomic E-state index is 12.3. The topological polar surface area (TPSA) is 98.2 Å². The second kappa shape index (κ2) is 8.75. The van der Waals surface area contributed by atoms with Crippen molar-refractivity contribution in [1.82, 2.24) is 20.1 Å². The molecular formula is C19H26N4O4. The van der Waals surface area contributed by atoms with E-state index in [0.717, 1.165) is 42.1 Å². The second-order valence-electron chi connectivity index (χ2n) is 6.77. The van der Waals surface area contributed by atoms with E-state index in [1.54, 1.807) is 18.8 Å². The summed E-state index contributed by atoms with van der Waals surface area (Å²) in [4.78, 5) is 24.0. The zero-order valence-corrected chi connectivity index (χ0v) is 15.8. The van der Waals surface area contributed by atoms with E-state index in [9.17, 15) is 9.59 Å². The average molecular weight is 374 g/mol. The molecule has 0 saturated heterocycles. The minimum atomic E-state index is -0.163. The van der Waals surface area contributed by atoms with Crippen LogP contribution in [0, 0.1) is 5.92 Å². The number of H-pyrrole nitrogens is 1. The number of fused-ring (bicyclic) bond motifs is 1. The molecule has 1 aliphatic heterocycles. The molecule has 146 valence electrons. The van der Waals surface area contributed by atoms with E-state index >= 15 is 0 Å². The number of ether oxygens (including phenoxy) is 2. The van der Waals surface area contributed by atoms with Gasteiger partial charge in [0.2, 0.25) is 5.91 Å². The summed E-state index contributed by atoms with van der Waals surface area (Å²) >= 11 is 0. The molecule has 1 aromatic heterocycles. The van der Waals surface area contributed by atoms with Gasteiger partial charge in [-0.1, -0.05) is 6.07 Å². The number of carbonyl (C=O) groups is 1. The SMILES string of the molecule is COc1ccc(CCNC(=O)CC2CCc3n[nH]c(=O)n3CC2)c(OC)c1. The zero-order valence-electron chi connectivity index (χ0n) is 15.8. The van der Waals surface area contributed by atoms with Crippen molar-refractivity contribution in [3.8, 4) is 11.5 Å². The Labute approximate surface area is 157 Å². The molecule has 1 aliphatic rings. The molecule has 8 nitrogen and oxygen atoms in total. The number of methoxy groups -OCH3 is 2. The maximum atomic E-state index is 12.3. The number of aromatic amines is 1. The molecule has 0 aliphatic carbocycles. The van der Waals surface area contributed by atoms with Gasteiger partial charge in [0.25, 0.3) is 0 Å². The summed E-state index contributed by atoms with van der Waals surface area (Å²) in [6, 6.07) is 5.68. The molecule has 0 spiro atoms. The Bertz CT molecular complexity index is 842. The van der Waals surface area contributed by atoms with E-state index < -0.39 is 0 Å². The highest BCUT2D eigenvalue weighted by atomic mass is 16.5. The van der Waals surface area contributed by atoms with Crippen LogP contribution in [0.4, 0.5) is 0 Å². The highest BCUT2D eigenvalue weighted by Crippen LogP contribution is 2.25. The van der Waals surface area contributed by atoms with Crippen LogP contribution in [0.5, 0.6) is 11.5 Å². The van der Waals surface area contributed by atoms with Gasteiger partial charge >= 0.3 is 5.69 Å². The van der Waals surface area contributed by atoms with Gasteiger partial charge in [0.1, 0.15) is 17.3 Å². The van der Waals surface area contributed by atoms with E-state index in [0.29, 0.717) is 25.9 Å². The Hall–Kier alpha value is -2.77. The average Bonchev–Trinajstić information content (AvgIpc) is 2.90. The zero-order chi connectivity index (χ0) is 19.2. The first-order valence-electron chi connectivity index (χ1n) is 9.22. The summed E-state index contributed by atoms with van der Waals surface area (Å²) in [5.41, 5.74) is 0.862. The quantitative estimate of drug-likeness (QED) is 0.761. The highest BCUT2D eigenvalue weighted by molar-refractivity contribution is 5.76. The van der Waals surface area contributed by atoms with E-state index in [4.69, 9.17) is 9.47 Å². The molecule has 1 atom stereocenters. The highest BCUT2D eigenvalue weighted by Gasteiger charge is 2.21. The fraction of sp³-hybridized carbons (Fsp3) is 0.526. The van der Waals surface area contributed by atoms with E-state index in [1.807, 2.05) is 18.2 Å². The first-order chi connectivity index (χ1) is 13.1. The van der Waals surface area contributed by atoms with Crippen molar-refractivity contribution in [3.05, 3.63) is 40.1 Å². The van der Waals surface area contributed by atoms with Gasteiger partial charge in [-0.05, 0) is 36.8 Å². The number of benzene rings is 1. The van der Waals surface area contributed by atoms with Crippen LogP contribution in [0.25, 0.3) is 0 Å². The number of aromatic nitrogens is 3. The third-order valence-corrected chi connectivity index (χ3v) is 5.06. The minimum absolute atomic E-state index is 0.0425. The third-order valence-electron chi connectivity index (χ3n) is 5.06. The van der Waals surface area contributed by atoms with Crippen molar-refractivity contribution in [2.45, 2.75) is 38.6 Å². The normalized spacial score (nSPS) is 16.3.